The van der Waals surface area contributed by atoms with Crippen molar-refractivity contribution in [3.8, 4) is 11.1 Å². The van der Waals surface area contributed by atoms with Crippen molar-refractivity contribution in [2.24, 2.45) is 7.05 Å². The maximum absolute atomic E-state index is 13.2. The monoisotopic (exact) mass is 415 g/mol. The number of nitrogens with zero attached hydrogens (tertiary/aromatic N) is 1. The molecule has 0 aliphatic carbocycles. The summed E-state index contributed by atoms with van der Waals surface area (Å²) in [6.45, 7) is 5.42. The highest BCUT2D eigenvalue weighted by Crippen LogP contribution is 2.39. The number of aliphatic carboxylic acids is 1. The quantitative estimate of drug-likeness (QED) is 0.491. The molecular formula is C26H25NO4. The number of carboxylic acids is 1. The molecule has 3 aromatic carbocycles. The first kappa shape index (κ1) is 20.8. The minimum absolute atomic E-state index is 0.252. The second kappa shape index (κ2) is 7.67. The molecule has 1 atom stereocenters. The molecule has 0 amide bonds. The molecule has 158 valence electrons. The molecule has 0 saturated heterocycles. The molecular weight excluding hydrogens is 390 g/mol. The van der Waals surface area contributed by atoms with Gasteiger partial charge >= 0.3 is 5.97 Å². The maximum atomic E-state index is 13.2. The molecule has 5 heteroatoms. The second-order valence-electron chi connectivity index (χ2n) is 8.65. The van der Waals surface area contributed by atoms with Crippen LogP contribution >= 0.6 is 0 Å². The van der Waals surface area contributed by atoms with Crippen molar-refractivity contribution in [2.75, 3.05) is 0 Å². The Hall–Kier alpha value is -3.44. The Morgan fingerprint density at radius 3 is 2.13 bits per heavy atom. The summed E-state index contributed by atoms with van der Waals surface area (Å²) in [6, 6.07) is 21.2. The molecule has 1 aromatic heterocycles. The Labute approximate surface area is 180 Å². The van der Waals surface area contributed by atoms with Gasteiger partial charge in [-0.05, 0) is 48.6 Å². The van der Waals surface area contributed by atoms with Gasteiger partial charge in [-0.1, -0.05) is 60.7 Å². The van der Waals surface area contributed by atoms with E-state index >= 15 is 0 Å². The molecule has 0 spiro atoms. The van der Waals surface area contributed by atoms with Crippen molar-refractivity contribution in [3.05, 3.63) is 82.8 Å². The first-order valence-corrected chi connectivity index (χ1v) is 10.2. The van der Waals surface area contributed by atoms with E-state index in [1.165, 1.54) is 4.57 Å². The summed E-state index contributed by atoms with van der Waals surface area (Å²) in [6.07, 6.45) is -1.31. The van der Waals surface area contributed by atoms with Crippen LogP contribution in [-0.2, 0) is 16.6 Å². The highest BCUT2D eigenvalue weighted by molar-refractivity contribution is 6.06. The maximum Gasteiger partial charge on any atom is 0.339 e. The number of carbonyl (C=O) groups is 1. The standard InChI is InChI=1S/C26H25NO4/c1-26(2,3)31-23(25(29)30)22-21(18-15-9-11-16-10-5-6-12-17(16)18)19-13-7-8-14-20(19)24(28)27(22)4/h5-15,23H,1-4H3,(H,29,30). The van der Waals surface area contributed by atoms with Crippen molar-refractivity contribution in [3.63, 3.8) is 0 Å². The second-order valence-corrected chi connectivity index (χ2v) is 8.65. The van der Waals surface area contributed by atoms with Crippen LogP contribution in [0.5, 0.6) is 0 Å². The number of ether oxygens (including phenoxy) is 1. The fourth-order valence-corrected chi connectivity index (χ4v) is 4.09. The Bertz CT molecular complexity index is 1360. The zero-order valence-electron chi connectivity index (χ0n) is 18.0. The number of hydrogen-bond acceptors (Lipinski definition) is 3. The van der Waals surface area contributed by atoms with Gasteiger partial charge in [0.15, 0.2) is 6.10 Å². The largest absolute Gasteiger partial charge is 0.479 e. The van der Waals surface area contributed by atoms with Gasteiger partial charge < -0.3 is 14.4 Å². The van der Waals surface area contributed by atoms with E-state index in [1.54, 1.807) is 33.9 Å². The number of aromatic nitrogens is 1. The van der Waals surface area contributed by atoms with Crippen molar-refractivity contribution in [1.82, 2.24) is 4.57 Å². The average Bonchev–Trinajstić information content (AvgIpc) is 2.73. The summed E-state index contributed by atoms with van der Waals surface area (Å²) in [5, 5.41) is 13.4. The Balaban J connectivity index is 2.20. The average molecular weight is 415 g/mol. The molecule has 0 saturated carbocycles. The van der Waals surface area contributed by atoms with E-state index in [0.29, 0.717) is 22.0 Å². The van der Waals surface area contributed by atoms with Gasteiger partial charge in [-0.15, -0.1) is 0 Å². The lowest BCUT2D eigenvalue weighted by atomic mass is 9.91. The zero-order valence-corrected chi connectivity index (χ0v) is 18.0. The molecule has 0 bridgehead atoms. The minimum atomic E-state index is -1.31. The van der Waals surface area contributed by atoms with Crippen LogP contribution in [-0.4, -0.2) is 21.2 Å². The van der Waals surface area contributed by atoms with Gasteiger partial charge in [0.1, 0.15) is 0 Å². The number of fused-ring (bicyclic) bond motifs is 2. The summed E-state index contributed by atoms with van der Waals surface area (Å²) in [7, 11) is 1.61. The van der Waals surface area contributed by atoms with Crippen molar-refractivity contribution >= 4 is 27.5 Å². The number of pyridine rings is 1. The van der Waals surface area contributed by atoms with E-state index in [1.807, 2.05) is 60.7 Å². The van der Waals surface area contributed by atoms with Crippen molar-refractivity contribution < 1.29 is 14.6 Å². The van der Waals surface area contributed by atoms with Gasteiger partial charge in [0.2, 0.25) is 0 Å². The molecule has 0 radical (unpaired) electrons. The number of rotatable bonds is 4. The molecule has 31 heavy (non-hydrogen) atoms. The molecule has 4 rings (SSSR count). The highest BCUT2D eigenvalue weighted by Gasteiger charge is 2.33. The number of benzene rings is 3. The van der Waals surface area contributed by atoms with Crippen molar-refractivity contribution in [1.29, 1.82) is 0 Å². The van der Waals surface area contributed by atoms with Crippen LogP contribution in [0.1, 0.15) is 32.6 Å². The van der Waals surface area contributed by atoms with Crippen LogP contribution in [0.25, 0.3) is 32.7 Å². The van der Waals surface area contributed by atoms with Gasteiger partial charge in [0, 0.05) is 18.0 Å². The van der Waals surface area contributed by atoms with Crippen LogP contribution in [0.2, 0.25) is 0 Å². The third kappa shape index (κ3) is 3.73. The summed E-state index contributed by atoms with van der Waals surface area (Å²) in [5.74, 6) is -1.14. The molecule has 1 unspecified atom stereocenters. The lowest BCUT2D eigenvalue weighted by Gasteiger charge is -2.28. The predicted molar refractivity (Wildman–Crippen MR) is 123 cm³/mol. The summed E-state index contributed by atoms with van der Waals surface area (Å²) in [4.78, 5) is 25.6. The molecule has 0 aliphatic rings. The fourth-order valence-electron chi connectivity index (χ4n) is 4.09. The van der Waals surface area contributed by atoms with Crippen LogP contribution in [0.4, 0.5) is 0 Å². The van der Waals surface area contributed by atoms with Gasteiger partial charge in [-0.3, -0.25) is 4.79 Å². The van der Waals surface area contributed by atoms with E-state index in [4.69, 9.17) is 4.74 Å². The van der Waals surface area contributed by atoms with Crippen LogP contribution in [0.3, 0.4) is 0 Å². The Kier molecular flexibility index (Phi) is 5.15. The topological polar surface area (TPSA) is 68.5 Å². The van der Waals surface area contributed by atoms with E-state index < -0.39 is 17.7 Å². The van der Waals surface area contributed by atoms with Crippen LogP contribution in [0.15, 0.2) is 71.5 Å². The third-order valence-electron chi connectivity index (χ3n) is 5.35. The molecule has 4 aromatic rings. The van der Waals surface area contributed by atoms with Gasteiger partial charge in [0.25, 0.3) is 5.56 Å². The number of carboxylic acid groups (broad SMARTS) is 1. The van der Waals surface area contributed by atoms with Crippen LogP contribution < -0.4 is 5.56 Å². The minimum Gasteiger partial charge on any atom is -0.479 e. The molecule has 1 N–H and O–H groups in total. The summed E-state index contributed by atoms with van der Waals surface area (Å²) < 4.78 is 7.41. The normalized spacial score (nSPS) is 12.9. The fraction of sp³-hybridized carbons (Fsp3) is 0.231. The van der Waals surface area contributed by atoms with Crippen LogP contribution in [0, 0.1) is 0 Å². The van der Waals surface area contributed by atoms with Gasteiger partial charge in [-0.25, -0.2) is 4.79 Å². The third-order valence-corrected chi connectivity index (χ3v) is 5.35. The summed E-state index contributed by atoms with van der Waals surface area (Å²) >= 11 is 0. The zero-order chi connectivity index (χ0) is 22.3. The first-order valence-electron chi connectivity index (χ1n) is 10.2. The lowest BCUT2D eigenvalue weighted by molar-refractivity contribution is -0.161. The number of hydrogen-bond donors (Lipinski definition) is 1. The first-order chi connectivity index (χ1) is 14.7. The molecule has 5 nitrogen and oxygen atoms in total. The predicted octanol–water partition coefficient (Wildman–Crippen LogP) is 5.30. The van der Waals surface area contributed by atoms with E-state index in [2.05, 4.69) is 0 Å². The smallest absolute Gasteiger partial charge is 0.339 e. The van der Waals surface area contributed by atoms with Gasteiger partial charge in [-0.2, -0.15) is 0 Å². The highest BCUT2D eigenvalue weighted by atomic mass is 16.5. The lowest BCUT2D eigenvalue weighted by Crippen LogP contribution is -2.32. The summed E-state index contributed by atoms with van der Waals surface area (Å²) in [5.41, 5.74) is 0.927. The van der Waals surface area contributed by atoms with Gasteiger partial charge in [0.05, 0.1) is 11.3 Å². The van der Waals surface area contributed by atoms with E-state index in [9.17, 15) is 14.7 Å². The molecule has 1 heterocycles. The Morgan fingerprint density at radius 2 is 1.48 bits per heavy atom. The van der Waals surface area contributed by atoms with Crippen molar-refractivity contribution in [2.45, 2.75) is 32.5 Å². The SMILES string of the molecule is Cn1c(C(OC(C)(C)C)C(=O)O)c(-c2cccc3ccccc23)c2ccccc2c1=O. The van der Waals surface area contributed by atoms with E-state index in [0.717, 1.165) is 16.3 Å². The molecule has 0 aliphatic heterocycles. The molecule has 0 fully saturated rings. The Morgan fingerprint density at radius 1 is 0.903 bits per heavy atom. The van der Waals surface area contributed by atoms with E-state index in [-0.39, 0.29) is 5.56 Å².